The third-order valence-corrected chi connectivity index (χ3v) is 5.29. The number of allylic oxidation sites excluding steroid dienone is 1. The standard InChI is InChI=1S/C21H30F2/c1-2-3-4-5-7-17-9-11-18(12-10-17)20-14-13-19(8-6-15-22)21(23)16-20/h6,13-18H,2-5,7-12H2,1H3/t17-,18-. The molecular weight excluding hydrogens is 290 g/mol. The summed E-state index contributed by atoms with van der Waals surface area (Å²) in [5.74, 6) is 1.19. The molecular formula is C21H30F2. The van der Waals surface area contributed by atoms with Gasteiger partial charge < -0.3 is 0 Å². The van der Waals surface area contributed by atoms with E-state index in [2.05, 4.69) is 6.92 Å². The summed E-state index contributed by atoms with van der Waals surface area (Å²) in [6.45, 7) is 2.25. The van der Waals surface area contributed by atoms with Crippen LogP contribution in [0, 0.1) is 11.7 Å². The molecule has 1 saturated carbocycles. The molecule has 0 saturated heterocycles. The summed E-state index contributed by atoms with van der Waals surface area (Å²) in [5, 5.41) is 0. The Balaban J connectivity index is 1.81. The maximum Gasteiger partial charge on any atom is 0.126 e. The van der Waals surface area contributed by atoms with Gasteiger partial charge in [-0.25, -0.2) is 8.78 Å². The Morgan fingerprint density at radius 1 is 1.09 bits per heavy atom. The van der Waals surface area contributed by atoms with Crippen molar-refractivity contribution < 1.29 is 8.78 Å². The summed E-state index contributed by atoms with van der Waals surface area (Å²) in [5.41, 5.74) is 1.70. The van der Waals surface area contributed by atoms with Crippen LogP contribution in [0.25, 0.3) is 0 Å². The van der Waals surface area contributed by atoms with E-state index in [-0.39, 0.29) is 5.82 Å². The lowest BCUT2D eigenvalue weighted by atomic mass is 9.77. The van der Waals surface area contributed by atoms with Crippen molar-refractivity contribution in [2.24, 2.45) is 5.92 Å². The second kappa shape index (κ2) is 9.85. The van der Waals surface area contributed by atoms with Crippen LogP contribution in [0.5, 0.6) is 0 Å². The molecule has 2 rings (SSSR count). The molecule has 0 aromatic heterocycles. The lowest BCUT2D eigenvalue weighted by Crippen LogP contribution is -2.13. The fraction of sp³-hybridized carbons (Fsp3) is 0.619. The highest BCUT2D eigenvalue weighted by Crippen LogP contribution is 2.38. The van der Waals surface area contributed by atoms with Crippen molar-refractivity contribution in [1.82, 2.24) is 0 Å². The lowest BCUT2D eigenvalue weighted by Gasteiger charge is -2.29. The molecule has 0 bridgehead atoms. The third kappa shape index (κ3) is 5.75. The Kier molecular flexibility index (Phi) is 7.78. The highest BCUT2D eigenvalue weighted by molar-refractivity contribution is 5.28. The number of hydrogen-bond acceptors (Lipinski definition) is 0. The fourth-order valence-electron chi connectivity index (χ4n) is 3.80. The first-order valence-electron chi connectivity index (χ1n) is 9.28. The van der Waals surface area contributed by atoms with E-state index in [0.29, 0.717) is 24.2 Å². The second-order valence-electron chi connectivity index (χ2n) is 6.98. The average molecular weight is 320 g/mol. The van der Waals surface area contributed by atoms with Gasteiger partial charge in [0.15, 0.2) is 0 Å². The van der Waals surface area contributed by atoms with Crippen LogP contribution in [0.3, 0.4) is 0 Å². The molecule has 0 amide bonds. The maximum atomic E-state index is 14.1. The minimum absolute atomic E-state index is 0.192. The molecule has 0 N–H and O–H groups in total. The fourth-order valence-corrected chi connectivity index (χ4v) is 3.80. The van der Waals surface area contributed by atoms with Gasteiger partial charge in [-0.15, -0.1) is 0 Å². The van der Waals surface area contributed by atoms with E-state index < -0.39 is 0 Å². The van der Waals surface area contributed by atoms with E-state index in [4.69, 9.17) is 0 Å². The molecule has 128 valence electrons. The first kappa shape index (κ1) is 18.2. The highest BCUT2D eigenvalue weighted by atomic mass is 19.1. The zero-order chi connectivity index (χ0) is 16.5. The van der Waals surface area contributed by atoms with Crippen LogP contribution in [-0.2, 0) is 6.42 Å². The molecule has 0 unspecified atom stereocenters. The van der Waals surface area contributed by atoms with Gasteiger partial charge in [-0.1, -0.05) is 57.2 Å². The first-order valence-corrected chi connectivity index (χ1v) is 9.28. The lowest BCUT2D eigenvalue weighted by molar-refractivity contribution is 0.302. The normalized spacial score (nSPS) is 21.9. The van der Waals surface area contributed by atoms with Crippen LogP contribution < -0.4 is 0 Å². The summed E-state index contributed by atoms with van der Waals surface area (Å²) in [6, 6.07) is 5.53. The SMILES string of the molecule is CCCCCC[C@H]1CC[C@H](c2ccc(CC=CF)c(F)c2)CC1. The quantitative estimate of drug-likeness (QED) is 0.448. The van der Waals surface area contributed by atoms with E-state index in [1.54, 1.807) is 6.07 Å². The zero-order valence-electron chi connectivity index (χ0n) is 14.4. The molecule has 2 heteroatoms. The molecule has 0 heterocycles. The van der Waals surface area contributed by atoms with Gasteiger partial charge in [-0.3, -0.25) is 0 Å². The van der Waals surface area contributed by atoms with Gasteiger partial charge in [-0.2, -0.15) is 0 Å². The van der Waals surface area contributed by atoms with E-state index in [1.807, 2.05) is 12.1 Å². The molecule has 23 heavy (non-hydrogen) atoms. The van der Waals surface area contributed by atoms with Crippen molar-refractivity contribution in [1.29, 1.82) is 0 Å². The highest BCUT2D eigenvalue weighted by Gasteiger charge is 2.22. The third-order valence-electron chi connectivity index (χ3n) is 5.29. The molecule has 0 spiro atoms. The summed E-state index contributed by atoms with van der Waals surface area (Å²) < 4.78 is 26.1. The summed E-state index contributed by atoms with van der Waals surface area (Å²) in [6.07, 6.45) is 13.9. The first-order chi connectivity index (χ1) is 11.2. The largest absolute Gasteiger partial charge is 0.216 e. The molecule has 1 aromatic carbocycles. The predicted octanol–water partition coefficient (Wildman–Crippen LogP) is 7.10. The van der Waals surface area contributed by atoms with Gasteiger partial charge in [-0.05, 0) is 61.1 Å². The van der Waals surface area contributed by atoms with Gasteiger partial charge in [0.25, 0.3) is 0 Å². The smallest absolute Gasteiger partial charge is 0.126 e. The summed E-state index contributed by atoms with van der Waals surface area (Å²) >= 11 is 0. The van der Waals surface area contributed by atoms with Crippen LogP contribution in [0.4, 0.5) is 8.78 Å². The Bertz CT molecular complexity index is 485. The van der Waals surface area contributed by atoms with Gasteiger partial charge in [0.05, 0.1) is 6.33 Å². The minimum Gasteiger partial charge on any atom is -0.216 e. The van der Waals surface area contributed by atoms with Crippen molar-refractivity contribution in [3.05, 3.63) is 47.5 Å². The zero-order valence-corrected chi connectivity index (χ0v) is 14.4. The van der Waals surface area contributed by atoms with Crippen LogP contribution in [0.15, 0.2) is 30.6 Å². The Morgan fingerprint density at radius 2 is 1.87 bits per heavy atom. The number of hydrogen-bond donors (Lipinski definition) is 0. The number of halogens is 2. The monoisotopic (exact) mass is 320 g/mol. The molecule has 1 aromatic rings. The molecule has 1 fully saturated rings. The topological polar surface area (TPSA) is 0 Å². The summed E-state index contributed by atoms with van der Waals surface area (Å²) in [4.78, 5) is 0. The van der Waals surface area contributed by atoms with Gasteiger partial charge in [0.2, 0.25) is 0 Å². The Labute approximate surface area is 140 Å². The number of unbranched alkanes of at least 4 members (excludes halogenated alkanes) is 3. The average Bonchev–Trinajstić information content (AvgIpc) is 2.58. The molecule has 0 atom stereocenters. The van der Waals surface area contributed by atoms with E-state index in [9.17, 15) is 8.78 Å². The van der Waals surface area contributed by atoms with Crippen LogP contribution >= 0.6 is 0 Å². The minimum atomic E-state index is -0.192. The van der Waals surface area contributed by atoms with Gasteiger partial charge in [0, 0.05) is 0 Å². The predicted molar refractivity (Wildman–Crippen MR) is 93.8 cm³/mol. The van der Waals surface area contributed by atoms with E-state index >= 15 is 0 Å². The molecule has 0 nitrogen and oxygen atoms in total. The van der Waals surface area contributed by atoms with Crippen molar-refractivity contribution in [3.8, 4) is 0 Å². The van der Waals surface area contributed by atoms with Crippen LogP contribution in [0.1, 0.15) is 81.8 Å². The Morgan fingerprint density at radius 3 is 2.52 bits per heavy atom. The van der Waals surface area contributed by atoms with Gasteiger partial charge >= 0.3 is 0 Å². The summed E-state index contributed by atoms with van der Waals surface area (Å²) in [7, 11) is 0. The van der Waals surface area contributed by atoms with Crippen molar-refractivity contribution >= 4 is 0 Å². The van der Waals surface area contributed by atoms with Crippen molar-refractivity contribution in [2.45, 2.75) is 77.0 Å². The number of rotatable bonds is 8. The van der Waals surface area contributed by atoms with Gasteiger partial charge in [0.1, 0.15) is 5.82 Å². The van der Waals surface area contributed by atoms with Crippen molar-refractivity contribution in [2.75, 3.05) is 0 Å². The molecule has 1 aliphatic carbocycles. The molecule has 0 aliphatic heterocycles. The van der Waals surface area contributed by atoms with E-state index in [0.717, 1.165) is 11.5 Å². The maximum absolute atomic E-state index is 14.1. The van der Waals surface area contributed by atoms with Crippen LogP contribution in [0.2, 0.25) is 0 Å². The molecule has 1 aliphatic rings. The van der Waals surface area contributed by atoms with Crippen molar-refractivity contribution in [3.63, 3.8) is 0 Å². The Hall–Kier alpha value is -1.18. The van der Waals surface area contributed by atoms with E-state index in [1.165, 1.54) is 63.9 Å². The molecule has 0 radical (unpaired) electrons. The second-order valence-corrected chi connectivity index (χ2v) is 6.98. The number of benzene rings is 1. The van der Waals surface area contributed by atoms with Crippen LogP contribution in [-0.4, -0.2) is 0 Å².